The summed E-state index contributed by atoms with van der Waals surface area (Å²) < 4.78 is 0. The van der Waals surface area contributed by atoms with Crippen LogP contribution in [0.1, 0.15) is 73.6 Å². The average Bonchev–Trinajstić information content (AvgIpc) is 2.61. The molecule has 0 radical (unpaired) electrons. The van der Waals surface area contributed by atoms with Crippen molar-refractivity contribution in [1.82, 2.24) is 0 Å². The minimum Gasteiger partial charge on any atom is -0.392 e. The van der Waals surface area contributed by atoms with Gasteiger partial charge in [-0.05, 0) is 79.2 Å². The molecule has 0 aromatic heterocycles. The molecule has 1 aliphatic carbocycles. The van der Waals surface area contributed by atoms with Gasteiger partial charge in [-0.25, -0.2) is 9.78 Å². The Balaban J connectivity index is 0.000000684. The molecule has 3 nitrogen and oxygen atoms in total. The first kappa shape index (κ1) is 26.6. The third kappa shape index (κ3) is 12.9. The number of rotatable bonds is 10. The van der Waals surface area contributed by atoms with Crippen LogP contribution < -0.4 is 0 Å². The number of aliphatic hydroxyl groups excluding tert-OH is 1. The van der Waals surface area contributed by atoms with Crippen molar-refractivity contribution in [2.24, 2.45) is 5.92 Å². The van der Waals surface area contributed by atoms with E-state index in [4.69, 9.17) is 9.78 Å². The third-order valence-electron chi connectivity index (χ3n) is 4.64. The van der Waals surface area contributed by atoms with Gasteiger partial charge in [-0.3, -0.25) is 0 Å². The van der Waals surface area contributed by atoms with Gasteiger partial charge in [0.05, 0.1) is 13.2 Å². The molecular weight excluding hydrogens is 348 g/mol. The fraction of sp³-hybridized carbons (Fsp3) is 0.600. The molecule has 0 fully saturated rings. The van der Waals surface area contributed by atoms with E-state index in [0.717, 1.165) is 43.3 Å². The quantitative estimate of drug-likeness (QED) is 0.191. The van der Waals surface area contributed by atoms with Crippen molar-refractivity contribution in [1.29, 1.82) is 0 Å². The first-order valence-electron chi connectivity index (χ1n) is 10.3. The lowest BCUT2D eigenvalue weighted by Crippen LogP contribution is -2.28. The van der Waals surface area contributed by atoms with Gasteiger partial charge >= 0.3 is 0 Å². The zero-order valence-electron chi connectivity index (χ0n) is 19.0. The summed E-state index contributed by atoms with van der Waals surface area (Å²) in [5.41, 5.74) is 6.10. The smallest absolute Gasteiger partial charge is 0.118 e. The van der Waals surface area contributed by atoms with Crippen LogP contribution in [0.5, 0.6) is 0 Å². The summed E-state index contributed by atoms with van der Waals surface area (Å²) >= 11 is 0. The molecule has 0 saturated carbocycles. The lowest BCUT2D eigenvalue weighted by atomic mass is 9.82. The summed E-state index contributed by atoms with van der Waals surface area (Å²) in [6.45, 7) is 20.6. The Labute approximate surface area is 173 Å². The third-order valence-corrected chi connectivity index (χ3v) is 4.64. The van der Waals surface area contributed by atoms with E-state index in [2.05, 4.69) is 53.0 Å². The standard InChI is InChI=1S/C16H26O3.C9H16/c1-5-14(11-17)15-7-6-13(4)10-16(15)19-18-9-8-12(2)3;1-8(2)6-5-7-9(3)4/h5,10,15-17H,2,6-9,11H2,1,3-4H3;7H,1,5-6H2,2-4H3/b14-5-;. The summed E-state index contributed by atoms with van der Waals surface area (Å²) in [5.74, 6) is 0.212. The molecule has 0 bridgehead atoms. The molecule has 28 heavy (non-hydrogen) atoms. The van der Waals surface area contributed by atoms with Crippen molar-refractivity contribution in [2.75, 3.05) is 13.2 Å². The second-order valence-corrected chi connectivity index (χ2v) is 8.05. The normalized spacial score (nSPS) is 19.2. The van der Waals surface area contributed by atoms with Gasteiger partial charge in [-0.2, -0.15) is 0 Å². The van der Waals surface area contributed by atoms with Crippen LogP contribution in [0, 0.1) is 5.92 Å². The second kappa shape index (κ2) is 15.5. The topological polar surface area (TPSA) is 38.7 Å². The van der Waals surface area contributed by atoms with Crippen LogP contribution in [0.4, 0.5) is 0 Å². The summed E-state index contributed by atoms with van der Waals surface area (Å²) in [5, 5.41) is 9.41. The molecule has 0 spiro atoms. The molecule has 3 heteroatoms. The van der Waals surface area contributed by atoms with E-state index in [-0.39, 0.29) is 18.6 Å². The fourth-order valence-electron chi connectivity index (χ4n) is 2.89. The average molecular weight is 391 g/mol. The van der Waals surface area contributed by atoms with Crippen molar-refractivity contribution in [3.8, 4) is 0 Å². The number of aliphatic hydroxyl groups is 1. The highest BCUT2D eigenvalue weighted by Crippen LogP contribution is 2.31. The molecule has 0 aromatic rings. The highest BCUT2D eigenvalue weighted by atomic mass is 17.2. The summed E-state index contributed by atoms with van der Waals surface area (Å²) in [4.78, 5) is 10.8. The van der Waals surface area contributed by atoms with Gasteiger partial charge in [0, 0.05) is 5.92 Å². The lowest BCUT2D eigenvalue weighted by molar-refractivity contribution is -0.321. The molecule has 0 saturated heterocycles. The minimum atomic E-state index is -0.0998. The first-order chi connectivity index (χ1) is 13.2. The largest absolute Gasteiger partial charge is 0.392 e. The van der Waals surface area contributed by atoms with Gasteiger partial charge in [-0.1, -0.05) is 40.5 Å². The van der Waals surface area contributed by atoms with E-state index in [9.17, 15) is 5.11 Å². The Morgan fingerprint density at radius 2 is 1.82 bits per heavy atom. The molecule has 2 atom stereocenters. The Morgan fingerprint density at radius 1 is 1.18 bits per heavy atom. The van der Waals surface area contributed by atoms with Crippen molar-refractivity contribution in [2.45, 2.75) is 79.8 Å². The van der Waals surface area contributed by atoms with E-state index in [1.165, 1.54) is 16.7 Å². The zero-order valence-corrected chi connectivity index (χ0v) is 19.0. The number of allylic oxidation sites excluding steroid dienone is 5. The molecule has 1 rings (SSSR count). The molecule has 0 amide bonds. The summed E-state index contributed by atoms with van der Waals surface area (Å²) in [7, 11) is 0. The van der Waals surface area contributed by atoms with Crippen molar-refractivity contribution in [3.05, 3.63) is 59.3 Å². The Hall–Kier alpha value is -1.42. The van der Waals surface area contributed by atoms with Gasteiger partial charge in [0.25, 0.3) is 0 Å². The predicted octanol–water partition coefficient (Wildman–Crippen LogP) is 6.87. The van der Waals surface area contributed by atoms with E-state index in [1.807, 2.05) is 19.9 Å². The monoisotopic (exact) mass is 390 g/mol. The Kier molecular flexibility index (Phi) is 14.7. The fourth-order valence-corrected chi connectivity index (χ4v) is 2.89. The van der Waals surface area contributed by atoms with Crippen molar-refractivity contribution in [3.63, 3.8) is 0 Å². The molecular formula is C25H42O3. The molecule has 0 aliphatic heterocycles. The van der Waals surface area contributed by atoms with E-state index >= 15 is 0 Å². The van der Waals surface area contributed by atoms with Gasteiger partial charge in [-0.15, -0.1) is 13.2 Å². The predicted molar refractivity (Wildman–Crippen MR) is 121 cm³/mol. The molecule has 1 N–H and O–H groups in total. The molecule has 160 valence electrons. The highest BCUT2D eigenvalue weighted by molar-refractivity contribution is 5.18. The van der Waals surface area contributed by atoms with E-state index in [0.29, 0.717) is 6.61 Å². The number of hydrogen-bond acceptors (Lipinski definition) is 3. The van der Waals surface area contributed by atoms with Crippen LogP contribution in [0.3, 0.4) is 0 Å². The molecule has 0 aromatic carbocycles. The van der Waals surface area contributed by atoms with Crippen LogP contribution >= 0.6 is 0 Å². The van der Waals surface area contributed by atoms with Crippen LogP contribution in [-0.2, 0) is 9.78 Å². The maximum absolute atomic E-state index is 9.41. The number of hydrogen-bond donors (Lipinski definition) is 1. The Bertz CT molecular complexity index is 562. The highest BCUT2D eigenvalue weighted by Gasteiger charge is 2.27. The minimum absolute atomic E-state index is 0.0830. The van der Waals surface area contributed by atoms with Crippen LogP contribution in [-0.4, -0.2) is 24.4 Å². The molecule has 2 unspecified atom stereocenters. The van der Waals surface area contributed by atoms with Crippen molar-refractivity contribution >= 4 is 0 Å². The zero-order chi connectivity index (χ0) is 21.5. The van der Waals surface area contributed by atoms with Crippen LogP contribution in [0.25, 0.3) is 0 Å². The van der Waals surface area contributed by atoms with Gasteiger partial charge in [0.1, 0.15) is 6.10 Å². The first-order valence-corrected chi connectivity index (χ1v) is 10.3. The van der Waals surface area contributed by atoms with Gasteiger partial charge in [0.2, 0.25) is 0 Å². The van der Waals surface area contributed by atoms with Gasteiger partial charge in [0.15, 0.2) is 0 Å². The summed E-state index contributed by atoms with van der Waals surface area (Å²) in [6, 6.07) is 0. The van der Waals surface area contributed by atoms with Crippen LogP contribution in [0.15, 0.2) is 59.3 Å². The van der Waals surface area contributed by atoms with Crippen molar-refractivity contribution < 1.29 is 14.9 Å². The maximum Gasteiger partial charge on any atom is 0.118 e. The Morgan fingerprint density at radius 3 is 2.32 bits per heavy atom. The molecule has 0 heterocycles. The SMILES string of the molecule is C=C(C)CCC=C(C)C.C=C(C)CCOOC1C=C(C)CCC1/C(=C\C)CO. The van der Waals surface area contributed by atoms with Gasteiger partial charge < -0.3 is 5.11 Å². The van der Waals surface area contributed by atoms with Crippen LogP contribution in [0.2, 0.25) is 0 Å². The maximum atomic E-state index is 9.41. The lowest BCUT2D eigenvalue weighted by Gasteiger charge is -2.30. The summed E-state index contributed by atoms with van der Waals surface area (Å²) in [6.07, 6.45) is 11.4. The molecule has 1 aliphatic rings. The second-order valence-electron chi connectivity index (χ2n) is 8.05. The van der Waals surface area contributed by atoms with E-state index < -0.39 is 0 Å². The van der Waals surface area contributed by atoms with E-state index in [1.54, 1.807) is 0 Å².